The van der Waals surface area contributed by atoms with Gasteiger partial charge in [-0.05, 0) is 48.7 Å². The molecule has 17 heavy (non-hydrogen) atoms. The van der Waals surface area contributed by atoms with Crippen LogP contribution in [0.15, 0.2) is 24.3 Å². The first-order chi connectivity index (χ1) is 7.99. The summed E-state index contributed by atoms with van der Waals surface area (Å²) < 4.78 is 14.0. The van der Waals surface area contributed by atoms with E-state index in [9.17, 15) is 4.39 Å². The molecule has 0 aliphatic carbocycles. The van der Waals surface area contributed by atoms with Gasteiger partial charge < -0.3 is 5.73 Å². The van der Waals surface area contributed by atoms with Gasteiger partial charge in [0.25, 0.3) is 0 Å². The zero-order valence-corrected chi connectivity index (χ0v) is 11.2. The Labute approximate surface area is 109 Å². The number of benzene rings is 1. The SMILES string of the molecule is Cc1ccc(F)cc1C(N)c1cc(C)c(Cl)s1. The molecule has 1 unspecified atom stereocenters. The molecule has 2 rings (SSSR count). The summed E-state index contributed by atoms with van der Waals surface area (Å²) in [6.45, 7) is 3.87. The van der Waals surface area contributed by atoms with Gasteiger partial charge in [0, 0.05) is 4.88 Å². The smallest absolute Gasteiger partial charge is 0.123 e. The molecule has 2 N–H and O–H groups in total. The maximum atomic E-state index is 13.2. The quantitative estimate of drug-likeness (QED) is 0.869. The highest BCUT2D eigenvalue weighted by Crippen LogP contribution is 2.33. The number of nitrogens with two attached hydrogens (primary N) is 1. The van der Waals surface area contributed by atoms with Crippen LogP contribution in [-0.4, -0.2) is 0 Å². The molecule has 0 fully saturated rings. The van der Waals surface area contributed by atoms with Crippen molar-refractivity contribution in [2.24, 2.45) is 5.73 Å². The molecule has 1 heterocycles. The van der Waals surface area contributed by atoms with E-state index in [-0.39, 0.29) is 11.9 Å². The van der Waals surface area contributed by atoms with Crippen LogP contribution in [0.1, 0.15) is 27.6 Å². The van der Waals surface area contributed by atoms with Crippen molar-refractivity contribution in [3.05, 3.63) is 56.0 Å². The van der Waals surface area contributed by atoms with Crippen LogP contribution in [0.2, 0.25) is 4.34 Å². The molecular formula is C13H13ClFNS. The lowest BCUT2D eigenvalue weighted by atomic mass is 10.0. The topological polar surface area (TPSA) is 26.0 Å². The summed E-state index contributed by atoms with van der Waals surface area (Å²) in [5.74, 6) is -0.263. The highest BCUT2D eigenvalue weighted by molar-refractivity contribution is 7.16. The zero-order chi connectivity index (χ0) is 12.6. The second kappa shape index (κ2) is 4.77. The molecule has 0 spiro atoms. The Morgan fingerprint density at radius 1 is 1.24 bits per heavy atom. The average molecular weight is 270 g/mol. The Morgan fingerprint density at radius 3 is 2.53 bits per heavy atom. The van der Waals surface area contributed by atoms with Gasteiger partial charge in [-0.25, -0.2) is 4.39 Å². The van der Waals surface area contributed by atoms with Gasteiger partial charge in [-0.3, -0.25) is 0 Å². The first-order valence-electron chi connectivity index (χ1n) is 5.26. The van der Waals surface area contributed by atoms with Crippen LogP contribution in [-0.2, 0) is 0 Å². The monoisotopic (exact) mass is 269 g/mol. The van der Waals surface area contributed by atoms with Gasteiger partial charge in [0.05, 0.1) is 10.4 Å². The van der Waals surface area contributed by atoms with Gasteiger partial charge >= 0.3 is 0 Å². The third-order valence-electron chi connectivity index (χ3n) is 2.76. The highest BCUT2D eigenvalue weighted by atomic mass is 35.5. The molecule has 4 heteroatoms. The Hall–Kier alpha value is -0.900. The molecule has 0 radical (unpaired) electrons. The van der Waals surface area contributed by atoms with E-state index in [0.29, 0.717) is 0 Å². The van der Waals surface area contributed by atoms with Crippen LogP contribution in [0.5, 0.6) is 0 Å². The molecule has 2 aromatic rings. The molecule has 0 bridgehead atoms. The molecule has 1 aromatic carbocycles. The van der Waals surface area contributed by atoms with Gasteiger partial charge in [-0.1, -0.05) is 17.7 Å². The van der Waals surface area contributed by atoms with Gasteiger partial charge in [0.15, 0.2) is 0 Å². The van der Waals surface area contributed by atoms with Crippen molar-refractivity contribution < 1.29 is 4.39 Å². The Bertz CT molecular complexity index is 531. The van der Waals surface area contributed by atoms with Crippen LogP contribution in [0, 0.1) is 19.7 Å². The number of hydrogen-bond acceptors (Lipinski definition) is 2. The summed E-state index contributed by atoms with van der Waals surface area (Å²) in [6.07, 6.45) is 0. The van der Waals surface area contributed by atoms with Crippen molar-refractivity contribution >= 4 is 22.9 Å². The van der Waals surface area contributed by atoms with E-state index in [2.05, 4.69) is 0 Å². The first kappa shape index (κ1) is 12.6. The van der Waals surface area contributed by atoms with Crippen molar-refractivity contribution in [1.82, 2.24) is 0 Å². The second-order valence-corrected chi connectivity index (χ2v) is 5.77. The van der Waals surface area contributed by atoms with E-state index in [1.807, 2.05) is 19.9 Å². The molecule has 1 nitrogen and oxygen atoms in total. The zero-order valence-electron chi connectivity index (χ0n) is 9.63. The molecule has 0 saturated carbocycles. The standard InChI is InChI=1S/C13H13ClFNS/c1-7-3-4-9(15)6-10(7)12(16)11-5-8(2)13(14)17-11/h3-6,12H,16H2,1-2H3. The Morgan fingerprint density at radius 2 is 1.94 bits per heavy atom. The van der Waals surface area contributed by atoms with Crippen molar-refractivity contribution in [2.75, 3.05) is 0 Å². The molecule has 0 aliphatic rings. The summed E-state index contributed by atoms with van der Waals surface area (Å²) in [4.78, 5) is 0.959. The maximum absolute atomic E-state index is 13.2. The Kier molecular flexibility index (Phi) is 3.52. The molecule has 0 amide bonds. The lowest BCUT2D eigenvalue weighted by molar-refractivity contribution is 0.623. The van der Waals surface area contributed by atoms with Crippen LogP contribution < -0.4 is 5.73 Å². The molecule has 1 atom stereocenters. The molecule has 1 aromatic heterocycles. The predicted octanol–water partition coefficient (Wildman–Crippen LogP) is 4.21. The minimum atomic E-state index is -0.318. The van der Waals surface area contributed by atoms with Gasteiger partial charge in [-0.2, -0.15) is 0 Å². The first-order valence-corrected chi connectivity index (χ1v) is 6.46. The molecular weight excluding hydrogens is 257 g/mol. The third kappa shape index (κ3) is 2.51. The van der Waals surface area contributed by atoms with Crippen LogP contribution in [0.3, 0.4) is 0 Å². The van der Waals surface area contributed by atoms with Crippen molar-refractivity contribution in [3.8, 4) is 0 Å². The average Bonchev–Trinajstić information content (AvgIpc) is 2.62. The number of hydrogen-bond donors (Lipinski definition) is 1. The molecule has 0 aliphatic heterocycles. The molecule has 90 valence electrons. The lowest BCUT2D eigenvalue weighted by Crippen LogP contribution is -2.12. The van der Waals surface area contributed by atoms with Gasteiger partial charge in [0.1, 0.15) is 5.82 Å². The van der Waals surface area contributed by atoms with Crippen LogP contribution in [0.25, 0.3) is 0 Å². The largest absolute Gasteiger partial charge is 0.320 e. The number of rotatable bonds is 2. The van der Waals surface area contributed by atoms with E-state index in [1.165, 1.54) is 23.5 Å². The fourth-order valence-electron chi connectivity index (χ4n) is 1.74. The minimum absolute atomic E-state index is 0.263. The summed E-state index contributed by atoms with van der Waals surface area (Å²) in [7, 11) is 0. The van der Waals surface area contributed by atoms with Gasteiger partial charge in [0.2, 0.25) is 0 Å². The van der Waals surface area contributed by atoms with Crippen LogP contribution in [0.4, 0.5) is 4.39 Å². The third-order valence-corrected chi connectivity index (χ3v) is 4.40. The fourth-order valence-corrected chi connectivity index (χ4v) is 2.97. The van der Waals surface area contributed by atoms with E-state index in [1.54, 1.807) is 6.07 Å². The number of thiophene rings is 1. The van der Waals surface area contributed by atoms with Gasteiger partial charge in [-0.15, -0.1) is 11.3 Å². The summed E-state index contributed by atoms with van der Waals surface area (Å²) in [5.41, 5.74) is 8.96. The van der Waals surface area contributed by atoms with Crippen LogP contribution >= 0.6 is 22.9 Å². The molecule has 0 saturated heterocycles. The van der Waals surface area contributed by atoms with E-state index >= 15 is 0 Å². The van der Waals surface area contributed by atoms with E-state index in [0.717, 1.165) is 25.9 Å². The summed E-state index contributed by atoms with van der Waals surface area (Å²) in [6, 6.07) is 6.32. The maximum Gasteiger partial charge on any atom is 0.123 e. The van der Waals surface area contributed by atoms with Crippen molar-refractivity contribution in [1.29, 1.82) is 0 Å². The second-order valence-electron chi connectivity index (χ2n) is 4.08. The summed E-state index contributed by atoms with van der Waals surface area (Å²) in [5, 5.41) is 0. The summed E-state index contributed by atoms with van der Waals surface area (Å²) >= 11 is 7.47. The number of aryl methyl sites for hydroxylation is 2. The fraction of sp³-hybridized carbons (Fsp3) is 0.231. The van der Waals surface area contributed by atoms with E-state index in [4.69, 9.17) is 17.3 Å². The highest BCUT2D eigenvalue weighted by Gasteiger charge is 2.15. The lowest BCUT2D eigenvalue weighted by Gasteiger charge is -2.13. The van der Waals surface area contributed by atoms with E-state index < -0.39 is 0 Å². The predicted molar refractivity (Wildman–Crippen MR) is 71.2 cm³/mol. The normalized spacial score (nSPS) is 12.8. The van der Waals surface area contributed by atoms with Crippen molar-refractivity contribution in [2.45, 2.75) is 19.9 Å². The minimum Gasteiger partial charge on any atom is -0.320 e. The Balaban J connectivity index is 2.42. The number of halogens is 2. The van der Waals surface area contributed by atoms with Crippen molar-refractivity contribution in [3.63, 3.8) is 0 Å².